The van der Waals surface area contributed by atoms with Crippen molar-refractivity contribution in [2.45, 2.75) is 12.5 Å². The van der Waals surface area contributed by atoms with Gasteiger partial charge in [-0.25, -0.2) is 14.8 Å². The van der Waals surface area contributed by atoms with Gasteiger partial charge in [0.05, 0.1) is 28.6 Å². The summed E-state index contributed by atoms with van der Waals surface area (Å²) in [5, 5.41) is 6.55. The molecule has 38 heavy (non-hydrogen) atoms. The summed E-state index contributed by atoms with van der Waals surface area (Å²) in [6, 6.07) is 13.9. The third-order valence-corrected chi connectivity index (χ3v) is 7.50. The van der Waals surface area contributed by atoms with Crippen molar-refractivity contribution >= 4 is 56.5 Å². The molecule has 10 nitrogen and oxygen atoms in total. The van der Waals surface area contributed by atoms with E-state index in [4.69, 9.17) is 4.74 Å². The molecule has 11 heteroatoms. The molecule has 0 radical (unpaired) electrons. The molecule has 1 unspecified atom stereocenters. The summed E-state index contributed by atoms with van der Waals surface area (Å²) in [4.78, 5) is 51.4. The van der Waals surface area contributed by atoms with Gasteiger partial charge in [-0.3, -0.25) is 14.5 Å². The lowest BCUT2D eigenvalue weighted by atomic mass is 10.1. The molecule has 2 aliphatic heterocycles. The highest BCUT2D eigenvalue weighted by molar-refractivity contribution is 7.21. The molecule has 0 bridgehead atoms. The van der Waals surface area contributed by atoms with Crippen molar-refractivity contribution in [1.82, 2.24) is 20.2 Å². The van der Waals surface area contributed by atoms with E-state index in [9.17, 15) is 14.4 Å². The van der Waals surface area contributed by atoms with Crippen molar-refractivity contribution in [3.63, 3.8) is 0 Å². The van der Waals surface area contributed by atoms with Crippen molar-refractivity contribution in [2.75, 3.05) is 23.3 Å². The van der Waals surface area contributed by atoms with Crippen LogP contribution in [0.15, 0.2) is 73.6 Å². The number of urea groups is 1. The van der Waals surface area contributed by atoms with Crippen molar-refractivity contribution in [3.8, 4) is 11.6 Å². The van der Waals surface area contributed by atoms with Gasteiger partial charge in [0.15, 0.2) is 0 Å². The van der Waals surface area contributed by atoms with E-state index in [2.05, 4.69) is 27.2 Å². The van der Waals surface area contributed by atoms with Crippen LogP contribution in [-0.4, -0.2) is 51.8 Å². The second-order valence-electron chi connectivity index (χ2n) is 8.80. The summed E-state index contributed by atoms with van der Waals surface area (Å²) in [5.41, 5.74) is 1.57. The summed E-state index contributed by atoms with van der Waals surface area (Å²) < 4.78 is 5.76. The number of likely N-dealkylation sites (tertiary alicyclic amines) is 1. The first kappa shape index (κ1) is 23.6. The van der Waals surface area contributed by atoms with Crippen LogP contribution in [0.25, 0.3) is 10.2 Å². The smallest absolute Gasteiger partial charge is 0.331 e. The number of nitrogens with zero attached hydrogens (tertiary/aromatic N) is 4. The fourth-order valence-corrected chi connectivity index (χ4v) is 5.66. The van der Waals surface area contributed by atoms with Crippen molar-refractivity contribution in [1.29, 1.82) is 0 Å². The number of hydrogen-bond donors (Lipinski definition) is 2. The lowest BCUT2D eigenvalue weighted by Crippen LogP contribution is -2.39. The number of benzene rings is 1. The Balaban J connectivity index is 1.27. The van der Waals surface area contributed by atoms with E-state index in [-0.39, 0.29) is 17.9 Å². The number of nitrogens with one attached hydrogen (secondary N) is 2. The number of carbonyl (C=O) groups is 3. The summed E-state index contributed by atoms with van der Waals surface area (Å²) in [6.45, 7) is 4.48. The number of aromatic nitrogens is 2. The summed E-state index contributed by atoms with van der Waals surface area (Å²) >= 11 is 1.21. The van der Waals surface area contributed by atoms with Gasteiger partial charge in [-0.2, -0.15) is 0 Å². The molecule has 0 aliphatic carbocycles. The lowest BCUT2D eigenvalue weighted by molar-refractivity contribution is -0.125. The predicted molar refractivity (Wildman–Crippen MR) is 144 cm³/mol. The van der Waals surface area contributed by atoms with E-state index in [0.717, 1.165) is 0 Å². The molecular weight excluding hydrogens is 504 g/mol. The molecule has 2 aliphatic rings. The number of amides is 4. The molecule has 1 saturated heterocycles. The van der Waals surface area contributed by atoms with Gasteiger partial charge in [0.2, 0.25) is 11.8 Å². The van der Waals surface area contributed by atoms with Crippen LogP contribution in [0.1, 0.15) is 16.1 Å². The van der Waals surface area contributed by atoms with Crippen molar-refractivity contribution < 1.29 is 19.1 Å². The molecule has 5 heterocycles. The molecule has 0 saturated carbocycles. The third kappa shape index (κ3) is 4.22. The van der Waals surface area contributed by atoms with Gasteiger partial charge in [-0.1, -0.05) is 24.8 Å². The van der Waals surface area contributed by atoms with Crippen molar-refractivity contribution in [2.24, 2.45) is 0 Å². The highest BCUT2D eigenvalue weighted by Gasteiger charge is 2.34. The zero-order valence-electron chi connectivity index (χ0n) is 20.1. The summed E-state index contributed by atoms with van der Waals surface area (Å²) in [6.07, 6.45) is 5.09. The van der Waals surface area contributed by atoms with Crippen molar-refractivity contribution in [3.05, 3.63) is 78.5 Å². The van der Waals surface area contributed by atoms with Gasteiger partial charge in [0.25, 0.3) is 5.91 Å². The molecule has 4 aromatic rings. The zero-order chi connectivity index (χ0) is 26.2. The Bertz CT molecular complexity index is 1570. The first-order valence-electron chi connectivity index (χ1n) is 12.0. The fraction of sp³-hybridized carbons (Fsp3) is 0.148. The van der Waals surface area contributed by atoms with E-state index in [1.54, 1.807) is 35.5 Å². The highest BCUT2D eigenvalue weighted by atomic mass is 32.1. The van der Waals surface area contributed by atoms with Crippen LogP contribution in [0.3, 0.4) is 0 Å². The minimum Gasteiger partial charge on any atom is -0.439 e. The Hall–Kier alpha value is -4.77. The average molecular weight is 527 g/mol. The van der Waals surface area contributed by atoms with Crippen LogP contribution in [0.4, 0.5) is 21.9 Å². The first-order valence-corrected chi connectivity index (χ1v) is 12.8. The number of anilines is 3. The minimum absolute atomic E-state index is 0.158. The van der Waals surface area contributed by atoms with Crippen LogP contribution >= 0.6 is 11.3 Å². The maximum atomic E-state index is 13.3. The SMILES string of the molecule is C=CC(=O)N1CCC(NC(=O)c2sc3nccc4c3c2NC(=O)N4c2ccc(Oc3ccccc3)nc2)C1. The minimum atomic E-state index is -0.417. The van der Waals surface area contributed by atoms with Gasteiger partial charge < -0.3 is 20.3 Å². The number of pyridine rings is 2. The average Bonchev–Trinajstić information content (AvgIpc) is 3.55. The van der Waals surface area contributed by atoms with Gasteiger partial charge in [0, 0.05) is 31.4 Å². The highest BCUT2D eigenvalue weighted by Crippen LogP contribution is 2.45. The molecule has 6 rings (SSSR count). The van der Waals surface area contributed by atoms with Gasteiger partial charge in [-0.15, -0.1) is 11.3 Å². The molecule has 190 valence electrons. The number of ether oxygens (including phenoxy) is 1. The topological polar surface area (TPSA) is 117 Å². The second kappa shape index (κ2) is 9.60. The van der Waals surface area contributed by atoms with Crippen LogP contribution < -0.4 is 20.3 Å². The molecule has 4 amide bonds. The number of rotatable bonds is 6. The third-order valence-electron chi connectivity index (χ3n) is 6.41. The number of para-hydroxylation sites is 1. The van der Waals surface area contributed by atoms with E-state index in [0.29, 0.717) is 63.3 Å². The Kier molecular flexibility index (Phi) is 5.97. The Morgan fingerprint density at radius 2 is 2.00 bits per heavy atom. The summed E-state index contributed by atoms with van der Waals surface area (Å²) in [7, 11) is 0. The maximum absolute atomic E-state index is 13.3. The number of carbonyl (C=O) groups excluding carboxylic acids is 3. The van der Waals surface area contributed by atoms with Crippen LogP contribution in [-0.2, 0) is 4.79 Å². The Morgan fingerprint density at radius 3 is 2.76 bits per heavy atom. The largest absolute Gasteiger partial charge is 0.439 e. The Labute approximate surface area is 221 Å². The standard InChI is InChI=1S/C27H22N6O4S/c1-2-21(34)32-13-11-16(15-32)30-25(35)24-23-22-19(10-12-28-26(22)38-24)33(27(36)31-23)17-8-9-20(29-14-17)37-18-6-4-3-5-7-18/h2-10,12,14,16H,1,11,13,15H2,(H,30,35)(H,31,36). The molecular formula is C27H22N6O4S. The van der Waals surface area contributed by atoms with E-state index >= 15 is 0 Å². The second-order valence-corrected chi connectivity index (χ2v) is 9.80. The molecule has 3 aromatic heterocycles. The molecule has 1 fully saturated rings. The lowest BCUT2D eigenvalue weighted by Gasteiger charge is -2.28. The van der Waals surface area contributed by atoms with E-state index in [1.165, 1.54) is 22.3 Å². The zero-order valence-corrected chi connectivity index (χ0v) is 20.9. The predicted octanol–water partition coefficient (Wildman–Crippen LogP) is 4.68. The molecule has 0 spiro atoms. The normalized spacial score (nSPS) is 16.3. The molecule has 1 atom stereocenters. The summed E-state index contributed by atoms with van der Waals surface area (Å²) in [5.74, 6) is 0.581. The fourth-order valence-electron chi connectivity index (χ4n) is 4.63. The van der Waals surface area contributed by atoms with Gasteiger partial charge in [-0.05, 0) is 36.8 Å². The van der Waals surface area contributed by atoms with Crippen LogP contribution in [0, 0.1) is 0 Å². The Morgan fingerprint density at radius 1 is 1.16 bits per heavy atom. The van der Waals surface area contributed by atoms with Crippen LogP contribution in [0.2, 0.25) is 0 Å². The quantitative estimate of drug-likeness (QED) is 0.352. The monoisotopic (exact) mass is 526 g/mol. The van der Waals surface area contributed by atoms with Gasteiger partial charge >= 0.3 is 6.03 Å². The maximum Gasteiger partial charge on any atom is 0.331 e. The molecule has 2 N–H and O–H groups in total. The van der Waals surface area contributed by atoms with Crippen LogP contribution in [0.5, 0.6) is 11.6 Å². The van der Waals surface area contributed by atoms with E-state index < -0.39 is 6.03 Å². The first-order chi connectivity index (χ1) is 18.5. The van der Waals surface area contributed by atoms with Gasteiger partial charge in [0.1, 0.15) is 15.5 Å². The number of hydrogen-bond acceptors (Lipinski definition) is 7. The number of thiophene rings is 1. The molecule has 1 aromatic carbocycles. The van der Waals surface area contributed by atoms with E-state index in [1.807, 2.05) is 30.3 Å².